The standard InChI is InChI=1S/C16H31NO3/c1-4-15(18)10-9-11-16(19)17-12-7-5-6-8-13-20-14(2)3/h14H,4-13H2,1-3H3,(H,17,19). The van der Waals surface area contributed by atoms with Crippen molar-refractivity contribution in [2.24, 2.45) is 0 Å². The number of ether oxygens (including phenoxy) is 1. The van der Waals surface area contributed by atoms with Gasteiger partial charge in [0.05, 0.1) is 6.10 Å². The van der Waals surface area contributed by atoms with Gasteiger partial charge in [-0.2, -0.15) is 0 Å². The molecule has 0 rings (SSSR count). The van der Waals surface area contributed by atoms with Gasteiger partial charge in [-0.05, 0) is 33.1 Å². The fourth-order valence-electron chi connectivity index (χ4n) is 1.84. The van der Waals surface area contributed by atoms with E-state index in [1.54, 1.807) is 0 Å². The summed E-state index contributed by atoms with van der Waals surface area (Å²) in [5, 5.41) is 2.90. The van der Waals surface area contributed by atoms with Crippen molar-refractivity contribution < 1.29 is 14.3 Å². The van der Waals surface area contributed by atoms with Gasteiger partial charge in [0.15, 0.2) is 0 Å². The summed E-state index contributed by atoms with van der Waals surface area (Å²) in [7, 11) is 0. The van der Waals surface area contributed by atoms with E-state index in [0.717, 1.165) is 38.8 Å². The number of amides is 1. The minimum atomic E-state index is 0.0667. The maximum absolute atomic E-state index is 11.5. The number of carbonyl (C=O) groups is 2. The molecule has 0 aliphatic rings. The van der Waals surface area contributed by atoms with Crippen LogP contribution in [0.4, 0.5) is 0 Å². The van der Waals surface area contributed by atoms with E-state index in [9.17, 15) is 9.59 Å². The first-order valence-electron chi connectivity index (χ1n) is 7.96. The average molecular weight is 285 g/mol. The molecule has 0 unspecified atom stereocenters. The lowest BCUT2D eigenvalue weighted by Gasteiger charge is -2.07. The molecule has 0 aromatic carbocycles. The second-order valence-corrected chi connectivity index (χ2v) is 5.43. The molecule has 0 saturated heterocycles. The minimum Gasteiger partial charge on any atom is -0.379 e. The molecule has 0 saturated carbocycles. The summed E-state index contributed by atoms with van der Waals surface area (Å²) in [5.41, 5.74) is 0. The van der Waals surface area contributed by atoms with E-state index in [0.29, 0.717) is 31.8 Å². The van der Waals surface area contributed by atoms with Gasteiger partial charge in [0.2, 0.25) is 5.91 Å². The first kappa shape index (κ1) is 19.1. The SMILES string of the molecule is CCC(=O)CCCC(=O)NCCCCCCOC(C)C. The molecule has 0 fully saturated rings. The summed E-state index contributed by atoms with van der Waals surface area (Å²) >= 11 is 0. The summed E-state index contributed by atoms with van der Waals surface area (Å²) < 4.78 is 5.46. The second-order valence-electron chi connectivity index (χ2n) is 5.43. The Morgan fingerprint density at radius 1 is 1.00 bits per heavy atom. The van der Waals surface area contributed by atoms with Crippen LogP contribution in [-0.4, -0.2) is 30.9 Å². The van der Waals surface area contributed by atoms with Crippen molar-refractivity contribution in [3.8, 4) is 0 Å². The van der Waals surface area contributed by atoms with Gasteiger partial charge in [-0.15, -0.1) is 0 Å². The highest BCUT2D eigenvalue weighted by Crippen LogP contribution is 2.02. The number of rotatable bonds is 13. The predicted octanol–water partition coefficient (Wildman–Crippen LogP) is 3.24. The van der Waals surface area contributed by atoms with Crippen molar-refractivity contribution in [1.29, 1.82) is 0 Å². The van der Waals surface area contributed by atoms with Crippen LogP contribution < -0.4 is 5.32 Å². The highest BCUT2D eigenvalue weighted by Gasteiger charge is 2.03. The third-order valence-corrected chi connectivity index (χ3v) is 3.10. The molecule has 0 atom stereocenters. The molecule has 0 heterocycles. The zero-order valence-electron chi connectivity index (χ0n) is 13.4. The van der Waals surface area contributed by atoms with Gasteiger partial charge in [-0.1, -0.05) is 19.8 Å². The Morgan fingerprint density at radius 3 is 2.35 bits per heavy atom. The van der Waals surface area contributed by atoms with Crippen LogP contribution in [0.5, 0.6) is 0 Å². The van der Waals surface area contributed by atoms with Crippen LogP contribution in [0.15, 0.2) is 0 Å². The predicted molar refractivity (Wildman–Crippen MR) is 81.7 cm³/mol. The Balaban J connectivity index is 3.25. The first-order valence-corrected chi connectivity index (χ1v) is 7.96. The molecular weight excluding hydrogens is 254 g/mol. The zero-order valence-corrected chi connectivity index (χ0v) is 13.4. The number of nitrogens with one attached hydrogen (secondary N) is 1. The largest absolute Gasteiger partial charge is 0.379 e. The third-order valence-electron chi connectivity index (χ3n) is 3.10. The molecule has 4 nitrogen and oxygen atoms in total. The van der Waals surface area contributed by atoms with Crippen molar-refractivity contribution in [2.45, 2.75) is 78.2 Å². The molecule has 4 heteroatoms. The van der Waals surface area contributed by atoms with Gasteiger partial charge >= 0.3 is 0 Å². The molecular formula is C16H31NO3. The highest BCUT2D eigenvalue weighted by atomic mass is 16.5. The maximum Gasteiger partial charge on any atom is 0.220 e. The van der Waals surface area contributed by atoms with Crippen molar-refractivity contribution in [2.75, 3.05) is 13.2 Å². The van der Waals surface area contributed by atoms with Gasteiger partial charge in [0, 0.05) is 32.4 Å². The van der Waals surface area contributed by atoms with Gasteiger partial charge in [0.25, 0.3) is 0 Å². The summed E-state index contributed by atoms with van der Waals surface area (Å²) in [4.78, 5) is 22.6. The third kappa shape index (κ3) is 13.5. The second kappa shape index (κ2) is 13.1. The summed E-state index contributed by atoms with van der Waals surface area (Å²) in [6, 6.07) is 0. The fraction of sp³-hybridized carbons (Fsp3) is 0.875. The number of unbranched alkanes of at least 4 members (excludes halogenated alkanes) is 3. The molecule has 0 aliphatic heterocycles. The molecule has 0 radical (unpaired) electrons. The topological polar surface area (TPSA) is 55.4 Å². The fourth-order valence-corrected chi connectivity index (χ4v) is 1.84. The van der Waals surface area contributed by atoms with E-state index >= 15 is 0 Å². The van der Waals surface area contributed by atoms with E-state index in [4.69, 9.17) is 4.74 Å². The maximum atomic E-state index is 11.5. The van der Waals surface area contributed by atoms with E-state index in [1.165, 1.54) is 0 Å². The molecule has 118 valence electrons. The smallest absolute Gasteiger partial charge is 0.220 e. The molecule has 0 bridgehead atoms. The molecule has 0 spiro atoms. The van der Waals surface area contributed by atoms with Gasteiger partial charge in [0.1, 0.15) is 5.78 Å². The number of ketones is 1. The Labute approximate surface area is 123 Å². The molecule has 0 aromatic heterocycles. The van der Waals surface area contributed by atoms with Crippen molar-refractivity contribution in [3.05, 3.63) is 0 Å². The summed E-state index contributed by atoms with van der Waals surface area (Å²) in [6.07, 6.45) is 6.92. The van der Waals surface area contributed by atoms with Crippen LogP contribution in [0.3, 0.4) is 0 Å². The van der Waals surface area contributed by atoms with Gasteiger partial charge < -0.3 is 10.1 Å². The van der Waals surface area contributed by atoms with Crippen molar-refractivity contribution >= 4 is 11.7 Å². The van der Waals surface area contributed by atoms with Gasteiger partial charge in [-0.25, -0.2) is 0 Å². The van der Waals surface area contributed by atoms with Crippen LogP contribution in [0.2, 0.25) is 0 Å². The molecule has 20 heavy (non-hydrogen) atoms. The zero-order chi connectivity index (χ0) is 15.2. The minimum absolute atomic E-state index is 0.0667. The Morgan fingerprint density at radius 2 is 1.70 bits per heavy atom. The lowest BCUT2D eigenvalue weighted by molar-refractivity contribution is -0.121. The normalized spacial score (nSPS) is 10.8. The molecule has 0 aromatic rings. The Kier molecular flexibility index (Phi) is 12.5. The van der Waals surface area contributed by atoms with Crippen molar-refractivity contribution in [1.82, 2.24) is 5.32 Å². The van der Waals surface area contributed by atoms with E-state index in [1.807, 2.05) is 20.8 Å². The van der Waals surface area contributed by atoms with E-state index in [-0.39, 0.29) is 11.7 Å². The number of hydrogen-bond donors (Lipinski definition) is 1. The monoisotopic (exact) mass is 285 g/mol. The summed E-state index contributed by atoms with van der Waals surface area (Å²) in [5.74, 6) is 0.304. The average Bonchev–Trinajstić information content (AvgIpc) is 2.41. The van der Waals surface area contributed by atoms with Crippen LogP contribution >= 0.6 is 0 Å². The number of hydrogen-bond acceptors (Lipinski definition) is 3. The first-order chi connectivity index (χ1) is 9.56. The van der Waals surface area contributed by atoms with E-state index in [2.05, 4.69) is 5.32 Å². The summed E-state index contributed by atoms with van der Waals surface area (Å²) in [6.45, 7) is 7.52. The number of carbonyl (C=O) groups excluding carboxylic acids is 2. The lowest BCUT2D eigenvalue weighted by atomic mass is 10.1. The van der Waals surface area contributed by atoms with Gasteiger partial charge in [-0.3, -0.25) is 9.59 Å². The molecule has 1 N–H and O–H groups in total. The molecule has 0 aliphatic carbocycles. The lowest BCUT2D eigenvalue weighted by Crippen LogP contribution is -2.24. The van der Waals surface area contributed by atoms with E-state index < -0.39 is 0 Å². The van der Waals surface area contributed by atoms with Crippen molar-refractivity contribution in [3.63, 3.8) is 0 Å². The quantitative estimate of drug-likeness (QED) is 0.529. The van der Waals surface area contributed by atoms with Crippen LogP contribution in [0.25, 0.3) is 0 Å². The Bertz CT molecular complexity index is 264. The van der Waals surface area contributed by atoms with Crippen LogP contribution in [-0.2, 0) is 14.3 Å². The van der Waals surface area contributed by atoms with Crippen LogP contribution in [0.1, 0.15) is 72.1 Å². The molecule has 1 amide bonds. The number of Topliss-reactive ketones (excluding diaryl/α,β-unsaturated/α-hetero) is 1. The van der Waals surface area contributed by atoms with Crippen LogP contribution in [0, 0.1) is 0 Å². The Hall–Kier alpha value is -0.900. The highest BCUT2D eigenvalue weighted by molar-refractivity contribution is 5.79.